The lowest BCUT2D eigenvalue weighted by molar-refractivity contribution is 0.329. The minimum atomic E-state index is -0.0558. The third-order valence-corrected chi connectivity index (χ3v) is 3.32. The number of benzene rings is 2. The smallest absolute Gasteiger partial charge is 0.174 e. The van der Waals surface area contributed by atoms with Crippen molar-refractivity contribution >= 4 is 23.3 Å². The first-order chi connectivity index (χ1) is 11.2. The van der Waals surface area contributed by atoms with E-state index in [2.05, 4.69) is 6.07 Å². The molecule has 0 saturated carbocycles. The molecule has 2 rings (SSSR count). The standard InChI is InChI=1S/C18H13ClN2O2/c1-22-18-11-13(2-7-17(18)23-9-8-20)10-15(12-21)14-3-5-16(19)6-4-14/h2-7,10-11H,9H2,1H3/b15-10-. The normalized spacial score (nSPS) is 10.5. The second-order valence-electron chi connectivity index (χ2n) is 4.53. The van der Waals surface area contributed by atoms with E-state index in [1.165, 1.54) is 7.11 Å². The van der Waals surface area contributed by atoms with E-state index in [0.29, 0.717) is 22.1 Å². The van der Waals surface area contributed by atoms with Gasteiger partial charge in [0.05, 0.1) is 18.8 Å². The molecule has 4 nitrogen and oxygen atoms in total. The molecule has 0 aliphatic rings. The molecule has 23 heavy (non-hydrogen) atoms. The number of hydrogen-bond donors (Lipinski definition) is 0. The Hall–Kier alpha value is -2.95. The van der Waals surface area contributed by atoms with E-state index in [1.54, 1.807) is 48.5 Å². The first-order valence-corrected chi connectivity index (χ1v) is 7.11. The fraction of sp³-hybridized carbons (Fsp3) is 0.111. The van der Waals surface area contributed by atoms with Gasteiger partial charge >= 0.3 is 0 Å². The van der Waals surface area contributed by atoms with E-state index in [4.69, 9.17) is 26.3 Å². The van der Waals surface area contributed by atoms with Gasteiger partial charge in [-0.25, -0.2) is 0 Å². The fourth-order valence-electron chi connectivity index (χ4n) is 1.98. The number of hydrogen-bond acceptors (Lipinski definition) is 4. The quantitative estimate of drug-likeness (QED) is 0.607. The molecule has 0 amide bonds. The summed E-state index contributed by atoms with van der Waals surface area (Å²) in [5.74, 6) is 0.985. The largest absolute Gasteiger partial charge is 0.493 e. The van der Waals surface area contributed by atoms with Crippen molar-refractivity contribution in [3.63, 3.8) is 0 Å². The molecule has 0 aromatic heterocycles. The molecule has 0 aliphatic carbocycles. The summed E-state index contributed by atoms with van der Waals surface area (Å²) in [6.07, 6.45) is 1.75. The van der Waals surface area contributed by atoms with E-state index in [9.17, 15) is 5.26 Å². The summed E-state index contributed by atoms with van der Waals surface area (Å²) in [5.41, 5.74) is 2.08. The minimum absolute atomic E-state index is 0.0558. The maximum absolute atomic E-state index is 9.36. The molecule has 0 atom stereocenters. The molecule has 0 saturated heterocycles. The highest BCUT2D eigenvalue weighted by Crippen LogP contribution is 2.30. The number of methoxy groups -OCH3 is 1. The first kappa shape index (κ1) is 16.4. The summed E-state index contributed by atoms with van der Waals surface area (Å²) in [4.78, 5) is 0. The molecule has 0 fully saturated rings. The van der Waals surface area contributed by atoms with Crippen molar-refractivity contribution in [3.8, 4) is 23.6 Å². The SMILES string of the molecule is COc1cc(/C=C(/C#N)c2ccc(Cl)cc2)ccc1OCC#N. The van der Waals surface area contributed by atoms with Crippen LogP contribution < -0.4 is 9.47 Å². The Kier molecular flexibility index (Phi) is 5.63. The van der Waals surface area contributed by atoms with Gasteiger partial charge in [0.2, 0.25) is 0 Å². The Labute approximate surface area is 139 Å². The number of nitrogens with zero attached hydrogens (tertiary/aromatic N) is 2. The first-order valence-electron chi connectivity index (χ1n) is 6.73. The van der Waals surface area contributed by atoms with E-state index in [0.717, 1.165) is 11.1 Å². The van der Waals surface area contributed by atoms with E-state index < -0.39 is 0 Å². The van der Waals surface area contributed by atoms with Gasteiger partial charge in [-0.05, 0) is 41.5 Å². The zero-order chi connectivity index (χ0) is 16.7. The van der Waals surface area contributed by atoms with Crippen LogP contribution >= 0.6 is 11.6 Å². The van der Waals surface area contributed by atoms with Crippen LogP contribution in [0.2, 0.25) is 5.02 Å². The van der Waals surface area contributed by atoms with Crippen molar-refractivity contribution in [2.45, 2.75) is 0 Å². The molecule has 0 N–H and O–H groups in total. The van der Waals surface area contributed by atoms with Crippen molar-refractivity contribution in [1.29, 1.82) is 10.5 Å². The lowest BCUT2D eigenvalue weighted by Gasteiger charge is -2.09. The predicted molar refractivity (Wildman–Crippen MR) is 89.0 cm³/mol. The predicted octanol–water partition coefficient (Wildman–Crippen LogP) is 4.32. The van der Waals surface area contributed by atoms with Crippen molar-refractivity contribution in [1.82, 2.24) is 0 Å². The second kappa shape index (κ2) is 7.89. The van der Waals surface area contributed by atoms with Gasteiger partial charge in [0.25, 0.3) is 0 Å². The Morgan fingerprint density at radius 3 is 2.48 bits per heavy atom. The highest BCUT2D eigenvalue weighted by Gasteiger charge is 2.06. The summed E-state index contributed by atoms with van der Waals surface area (Å²) in [7, 11) is 1.52. The van der Waals surface area contributed by atoms with Gasteiger partial charge in [-0.1, -0.05) is 29.8 Å². The average molecular weight is 325 g/mol. The zero-order valence-electron chi connectivity index (χ0n) is 12.4. The number of rotatable bonds is 5. The third-order valence-electron chi connectivity index (χ3n) is 3.07. The molecule has 2 aromatic carbocycles. The van der Waals surface area contributed by atoms with Crippen LogP contribution in [0, 0.1) is 22.7 Å². The zero-order valence-corrected chi connectivity index (χ0v) is 13.2. The summed E-state index contributed by atoms with van der Waals surface area (Å²) < 4.78 is 10.5. The fourth-order valence-corrected chi connectivity index (χ4v) is 2.11. The second-order valence-corrected chi connectivity index (χ2v) is 4.97. The number of nitriles is 2. The molecule has 0 radical (unpaired) electrons. The minimum Gasteiger partial charge on any atom is -0.493 e. The average Bonchev–Trinajstić information content (AvgIpc) is 2.59. The highest BCUT2D eigenvalue weighted by atomic mass is 35.5. The maximum atomic E-state index is 9.36. The summed E-state index contributed by atoms with van der Waals surface area (Å²) >= 11 is 5.86. The van der Waals surface area contributed by atoms with Crippen LogP contribution in [0.25, 0.3) is 11.6 Å². The monoisotopic (exact) mass is 324 g/mol. The van der Waals surface area contributed by atoms with E-state index in [1.807, 2.05) is 6.07 Å². The van der Waals surface area contributed by atoms with E-state index in [-0.39, 0.29) is 6.61 Å². The van der Waals surface area contributed by atoms with Crippen molar-refractivity contribution in [2.24, 2.45) is 0 Å². The van der Waals surface area contributed by atoms with Gasteiger partial charge < -0.3 is 9.47 Å². The number of ether oxygens (including phenoxy) is 2. The molecular weight excluding hydrogens is 312 g/mol. The Morgan fingerprint density at radius 2 is 1.87 bits per heavy atom. The van der Waals surface area contributed by atoms with Crippen LogP contribution in [-0.2, 0) is 0 Å². The molecule has 0 spiro atoms. The van der Waals surface area contributed by atoms with Crippen LogP contribution in [0.3, 0.4) is 0 Å². The van der Waals surface area contributed by atoms with Crippen molar-refractivity contribution in [3.05, 3.63) is 58.6 Å². The van der Waals surface area contributed by atoms with Gasteiger partial charge in [0.1, 0.15) is 6.07 Å². The van der Waals surface area contributed by atoms with Crippen molar-refractivity contribution in [2.75, 3.05) is 13.7 Å². The molecule has 0 heterocycles. The summed E-state index contributed by atoms with van der Waals surface area (Å²) in [6.45, 7) is -0.0558. The molecule has 2 aromatic rings. The molecule has 0 aliphatic heterocycles. The van der Waals surface area contributed by atoms with E-state index >= 15 is 0 Å². The third kappa shape index (κ3) is 4.26. The number of allylic oxidation sites excluding steroid dienone is 1. The van der Waals surface area contributed by atoms with Crippen LogP contribution in [0.5, 0.6) is 11.5 Å². The van der Waals surface area contributed by atoms with Gasteiger partial charge in [-0.2, -0.15) is 10.5 Å². The highest BCUT2D eigenvalue weighted by molar-refractivity contribution is 6.30. The van der Waals surface area contributed by atoms with Crippen LogP contribution in [0.4, 0.5) is 0 Å². The van der Waals surface area contributed by atoms with Gasteiger partial charge in [-0.15, -0.1) is 0 Å². The van der Waals surface area contributed by atoms with Gasteiger partial charge in [0.15, 0.2) is 18.1 Å². The van der Waals surface area contributed by atoms with Gasteiger partial charge in [-0.3, -0.25) is 0 Å². The van der Waals surface area contributed by atoms with Crippen LogP contribution in [-0.4, -0.2) is 13.7 Å². The summed E-state index contributed by atoms with van der Waals surface area (Å²) in [6, 6.07) is 16.4. The molecular formula is C18H13ClN2O2. The van der Waals surface area contributed by atoms with Gasteiger partial charge in [0, 0.05) is 5.02 Å². The Balaban J connectivity index is 2.35. The molecule has 114 valence electrons. The Morgan fingerprint density at radius 1 is 1.13 bits per heavy atom. The lowest BCUT2D eigenvalue weighted by Crippen LogP contribution is -1.96. The van der Waals surface area contributed by atoms with Crippen LogP contribution in [0.1, 0.15) is 11.1 Å². The molecule has 0 bridgehead atoms. The molecule has 5 heteroatoms. The molecule has 0 unspecified atom stereocenters. The van der Waals surface area contributed by atoms with Crippen LogP contribution in [0.15, 0.2) is 42.5 Å². The van der Waals surface area contributed by atoms with Crippen molar-refractivity contribution < 1.29 is 9.47 Å². The Bertz CT molecular complexity index is 799. The lowest BCUT2D eigenvalue weighted by atomic mass is 10.0. The summed E-state index contributed by atoms with van der Waals surface area (Å²) in [5, 5.41) is 18.6. The topological polar surface area (TPSA) is 66.0 Å². The number of halogens is 1. The maximum Gasteiger partial charge on any atom is 0.174 e.